The highest BCUT2D eigenvalue weighted by molar-refractivity contribution is 4.93. The van der Waals surface area contributed by atoms with E-state index in [2.05, 4.69) is 6.58 Å². The van der Waals surface area contributed by atoms with Crippen LogP contribution in [0.2, 0.25) is 0 Å². The van der Waals surface area contributed by atoms with Crippen LogP contribution in [-0.2, 0) is 0 Å². The quantitative estimate of drug-likeness (QED) is 0.548. The van der Waals surface area contributed by atoms with Gasteiger partial charge in [-0.2, -0.15) is 8.78 Å². The molecular weight excluding hydrogens is 119 g/mol. The Labute approximate surface area is 45.2 Å². The Morgan fingerprint density at radius 1 is 1.62 bits per heavy atom. The fourth-order valence-corrected chi connectivity index (χ4v) is 0.136. The first-order valence-corrected chi connectivity index (χ1v) is 1.92. The maximum absolute atomic E-state index is 11.7. The van der Waals surface area contributed by atoms with E-state index in [0.29, 0.717) is 0 Å². The number of nitrogens with one attached hydrogen (secondary N) is 1. The van der Waals surface area contributed by atoms with Crippen LogP contribution in [0.25, 0.3) is 0 Å². The summed E-state index contributed by atoms with van der Waals surface area (Å²) in [6.45, 7) is 2.42. The molecule has 0 bridgehead atoms. The molecule has 1 nitrogen and oxygen atoms in total. The summed E-state index contributed by atoms with van der Waals surface area (Å²) in [6, 6.07) is -3.57. The molecule has 0 aromatic rings. The summed E-state index contributed by atoms with van der Waals surface area (Å²) in [6.07, 6.45) is 0. The fraction of sp³-hybridized carbons (Fsp3) is 0.500. The summed E-state index contributed by atoms with van der Waals surface area (Å²) in [5.41, 5.74) is 0. The van der Waals surface area contributed by atoms with Gasteiger partial charge in [-0.05, 0) is 7.05 Å². The van der Waals surface area contributed by atoms with Gasteiger partial charge in [0.1, 0.15) is 0 Å². The minimum Gasteiger partial charge on any atom is -0.255 e. The van der Waals surface area contributed by atoms with Crippen LogP contribution in [0.15, 0.2) is 12.4 Å². The molecule has 48 valence electrons. The molecular formula is C4H6F3N. The van der Waals surface area contributed by atoms with E-state index in [9.17, 15) is 13.2 Å². The largest absolute Gasteiger partial charge is 0.354 e. The lowest BCUT2D eigenvalue weighted by molar-refractivity contribution is -0.00851. The Morgan fingerprint density at radius 3 is 2.00 bits per heavy atom. The zero-order valence-corrected chi connectivity index (χ0v) is 4.34. The molecule has 1 N–H and O–H groups in total. The van der Waals surface area contributed by atoms with Gasteiger partial charge in [0.2, 0.25) is 0 Å². The first kappa shape index (κ1) is 7.49. The minimum atomic E-state index is -3.57. The monoisotopic (exact) mass is 125 g/mol. The maximum atomic E-state index is 11.7. The van der Waals surface area contributed by atoms with Crippen LogP contribution in [0.5, 0.6) is 0 Å². The molecule has 0 spiro atoms. The molecule has 8 heavy (non-hydrogen) atoms. The zero-order valence-electron chi connectivity index (χ0n) is 4.34. The van der Waals surface area contributed by atoms with Crippen LogP contribution in [-0.4, -0.2) is 13.1 Å². The van der Waals surface area contributed by atoms with E-state index in [-0.39, 0.29) is 0 Å². The normalized spacial score (nSPS) is 11.5. The molecule has 0 saturated heterocycles. The summed E-state index contributed by atoms with van der Waals surface area (Å²) >= 11 is 0. The molecule has 0 saturated carbocycles. The van der Waals surface area contributed by atoms with Gasteiger partial charge in [0, 0.05) is 0 Å². The molecule has 0 aliphatic rings. The van der Waals surface area contributed by atoms with Crippen LogP contribution in [0.3, 0.4) is 0 Å². The Balaban J connectivity index is 3.91. The molecule has 4 heteroatoms. The Bertz CT molecular complexity index is 99.5. The van der Waals surface area contributed by atoms with Crippen molar-refractivity contribution in [3.63, 3.8) is 0 Å². The van der Waals surface area contributed by atoms with Gasteiger partial charge in [0.05, 0.1) is 0 Å². The fourth-order valence-electron chi connectivity index (χ4n) is 0.136. The first-order chi connectivity index (χ1) is 3.50. The lowest BCUT2D eigenvalue weighted by atomic mass is 10.5. The third-order valence-electron chi connectivity index (χ3n) is 0.655. The van der Waals surface area contributed by atoms with Crippen molar-refractivity contribution >= 4 is 0 Å². The first-order valence-electron chi connectivity index (χ1n) is 1.92. The third-order valence-corrected chi connectivity index (χ3v) is 0.655. The van der Waals surface area contributed by atoms with Crippen molar-refractivity contribution in [1.29, 1.82) is 0 Å². The highest BCUT2D eigenvalue weighted by atomic mass is 19.3. The maximum Gasteiger partial charge on any atom is 0.354 e. The van der Waals surface area contributed by atoms with Crippen LogP contribution < -0.4 is 5.32 Å². The third kappa shape index (κ3) is 1.54. The minimum absolute atomic E-state index is 0.949. The van der Waals surface area contributed by atoms with E-state index in [1.807, 2.05) is 0 Å². The van der Waals surface area contributed by atoms with Gasteiger partial charge in [-0.15, -0.1) is 0 Å². The summed E-state index contributed by atoms with van der Waals surface area (Å²) in [5, 5.41) is 1.43. The van der Waals surface area contributed by atoms with Crippen molar-refractivity contribution in [1.82, 2.24) is 5.32 Å². The summed E-state index contributed by atoms with van der Waals surface area (Å²) < 4.78 is 34.9. The number of rotatable bonds is 2. The highest BCUT2D eigenvalue weighted by Gasteiger charge is 2.30. The highest BCUT2D eigenvalue weighted by Crippen LogP contribution is 2.18. The average Bonchev–Trinajstić information content (AvgIpc) is 1.67. The number of likely N-dealkylation sites (N-methyl/N-ethyl adjacent to an activating group) is 1. The molecule has 0 fully saturated rings. The van der Waals surface area contributed by atoms with Crippen molar-refractivity contribution < 1.29 is 13.2 Å². The standard InChI is InChI=1S/C4H6F3N/c1-3(5)4(6,7)8-2/h8H,1H2,2H3. The Morgan fingerprint density at radius 2 is 2.00 bits per heavy atom. The second-order valence-electron chi connectivity index (χ2n) is 1.23. The van der Waals surface area contributed by atoms with Gasteiger partial charge in [-0.25, -0.2) is 4.39 Å². The van der Waals surface area contributed by atoms with Gasteiger partial charge in [0.15, 0.2) is 5.83 Å². The molecule has 0 unspecified atom stereocenters. The van der Waals surface area contributed by atoms with E-state index in [0.717, 1.165) is 7.05 Å². The molecule has 0 aliphatic carbocycles. The lowest BCUT2D eigenvalue weighted by Crippen LogP contribution is -2.33. The van der Waals surface area contributed by atoms with Crippen molar-refractivity contribution in [2.45, 2.75) is 6.05 Å². The van der Waals surface area contributed by atoms with Crippen molar-refractivity contribution in [3.05, 3.63) is 12.4 Å². The number of hydrogen-bond donors (Lipinski definition) is 1. The topological polar surface area (TPSA) is 12.0 Å². The molecule has 0 aromatic heterocycles. The predicted octanol–water partition coefficient (Wildman–Crippen LogP) is 1.28. The number of alkyl halides is 2. The number of halogens is 3. The van der Waals surface area contributed by atoms with Crippen LogP contribution in [0, 0.1) is 0 Å². The molecule has 0 radical (unpaired) electrons. The molecule has 0 rings (SSSR count). The van der Waals surface area contributed by atoms with Gasteiger partial charge in [-0.1, -0.05) is 6.58 Å². The van der Waals surface area contributed by atoms with Crippen LogP contribution in [0.1, 0.15) is 0 Å². The van der Waals surface area contributed by atoms with Gasteiger partial charge in [0.25, 0.3) is 0 Å². The summed E-state index contributed by atoms with van der Waals surface area (Å²) in [5.74, 6) is -1.67. The molecule has 0 atom stereocenters. The Hall–Kier alpha value is -0.510. The Kier molecular flexibility index (Phi) is 2.03. The second-order valence-corrected chi connectivity index (χ2v) is 1.23. The SMILES string of the molecule is C=C(F)C(F)(F)NC. The van der Waals surface area contributed by atoms with Gasteiger partial charge >= 0.3 is 6.05 Å². The van der Waals surface area contributed by atoms with Crippen molar-refractivity contribution in [2.24, 2.45) is 0 Å². The van der Waals surface area contributed by atoms with E-state index < -0.39 is 11.9 Å². The predicted molar refractivity (Wildman–Crippen MR) is 24.3 cm³/mol. The van der Waals surface area contributed by atoms with Crippen LogP contribution in [0.4, 0.5) is 13.2 Å². The molecule has 0 aliphatic heterocycles. The smallest absolute Gasteiger partial charge is 0.255 e. The van der Waals surface area contributed by atoms with E-state index in [4.69, 9.17) is 0 Å². The van der Waals surface area contributed by atoms with E-state index in [1.54, 1.807) is 0 Å². The van der Waals surface area contributed by atoms with Crippen molar-refractivity contribution in [3.8, 4) is 0 Å². The lowest BCUT2D eigenvalue weighted by Gasteiger charge is -2.09. The molecule has 0 aromatic carbocycles. The van der Waals surface area contributed by atoms with Gasteiger partial charge in [-0.3, -0.25) is 5.32 Å². The second kappa shape index (κ2) is 2.17. The van der Waals surface area contributed by atoms with Gasteiger partial charge < -0.3 is 0 Å². The van der Waals surface area contributed by atoms with Crippen molar-refractivity contribution in [2.75, 3.05) is 7.05 Å². The van der Waals surface area contributed by atoms with E-state index in [1.165, 1.54) is 5.32 Å². The molecule has 0 amide bonds. The summed E-state index contributed by atoms with van der Waals surface area (Å²) in [7, 11) is 0.949. The van der Waals surface area contributed by atoms with Crippen LogP contribution >= 0.6 is 0 Å². The van der Waals surface area contributed by atoms with E-state index >= 15 is 0 Å². The summed E-state index contributed by atoms with van der Waals surface area (Å²) in [4.78, 5) is 0. The number of hydrogen-bond acceptors (Lipinski definition) is 1. The zero-order chi connectivity index (χ0) is 6.78. The molecule has 0 heterocycles. The average molecular weight is 125 g/mol.